The highest BCUT2D eigenvalue weighted by molar-refractivity contribution is 14.1. The molecule has 1 aromatic rings. The van der Waals surface area contributed by atoms with Crippen LogP contribution in [0, 0.1) is 3.57 Å². The smallest absolute Gasteiger partial charge is 0.242 e. The first-order valence-electron chi connectivity index (χ1n) is 5.31. The number of benzene rings is 1. The number of anilines is 1. The molecule has 1 unspecified atom stereocenters. The van der Waals surface area contributed by atoms with Gasteiger partial charge in [0.1, 0.15) is 6.04 Å². The zero-order valence-electron chi connectivity index (χ0n) is 9.75. The molecule has 0 heterocycles. The predicted octanol–water partition coefficient (Wildman–Crippen LogP) is 2.62. The Hall–Kier alpha value is -0.780. The summed E-state index contributed by atoms with van der Waals surface area (Å²) in [6.07, 6.45) is 0. The molecule has 0 fully saturated rings. The lowest BCUT2D eigenvalue weighted by molar-refractivity contribution is -0.122. The molecule has 1 rings (SSSR count). The number of rotatable bonds is 4. The van der Waals surface area contributed by atoms with Crippen LogP contribution in [0.25, 0.3) is 0 Å². The van der Waals surface area contributed by atoms with Crippen LogP contribution in [0.1, 0.15) is 20.8 Å². The van der Waals surface area contributed by atoms with Crippen molar-refractivity contribution in [2.75, 3.05) is 5.32 Å². The van der Waals surface area contributed by atoms with E-state index in [1.54, 1.807) is 0 Å². The number of hydrogen-bond acceptors (Lipinski definition) is 2. The largest absolute Gasteiger partial charge is 0.374 e. The van der Waals surface area contributed by atoms with Gasteiger partial charge in [-0.05, 0) is 67.6 Å². The van der Waals surface area contributed by atoms with Crippen LogP contribution in [0.2, 0.25) is 0 Å². The second kappa shape index (κ2) is 6.08. The molecule has 0 saturated heterocycles. The van der Waals surface area contributed by atoms with E-state index in [2.05, 4.69) is 33.2 Å². The fourth-order valence-corrected chi connectivity index (χ4v) is 1.63. The molecule has 0 aliphatic carbocycles. The molecule has 0 saturated carbocycles. The van der Waals surface area contributed by atoms with Gasteiger partial charge in [0, 0.05) is 15.3 Å². The predicted molar refractivity (Wildman–Crippen MR) is 75.5 cm³/mol. The molecule has 1 atom stereocenters. The molecular weight excluding hydrogens is 315 g/mol. The third-order valence-corrected chi connectivity index (χ3v) is 2.77. The third kappa shape index (κ3) is 4.38. The van der Waals surface area contributed by atoms with Crippen LogP contribution in [0.4, 0.5) is 5.69 Å². The van der Waals surface area contributed by atoms with Crippen LogP contribution >= 0.6 is 22.6 Å². The van der Waals surface area contributed by atoms with Gasteiger partial charge in [0.05, 0.1) is 0 Å². The van der Waals surface area contributed by atoms with E-state index in [0.29, 0.717) is 0 Å². The summed E-state index contributed by atoms with van der Waals surface area (Å²) in [6.45, 7) is 5.76. The number of hydrogen-bond donors (Lipinski definition) is 2. The minimum absolute atomic E-state index is 0.0218. The van der Waals surface area contributed by atoms with Gasteiger partial charge < -0.3 is 10.6 Å². The number of carbonyl (C=O) groups excluding carboxylic acids is 1. The molecule has 0 bridgehead atoms. The molecule has 1 aromatic carbocycles. The van der Waals surface area contributed by atoms with E-state index in [9.17, 15) is 4.79 Å². The van der Waals surface area contributed by atoms with Crippen molar-refractivity contribution in [3.8, 4) is 0 Å². The zero-order chi connectivity index (χ0) is 12.1. The lowest BCUT2D eigenvalue weighted by atomic mass is 10.2. The van der Waals surface area contributed by atoms with Crippen LogP contribution in [-0.4, -0.2) is 18.0 Å². The summed E-state index contributed by atoms with van der Waals surface area (Å²) in [5.74, 6) is 0.0218. The fraction of sp³-hybridized carbons (Fsp3) is 0.417. The Morgan fingerprint density at radius 1 is 1.19 bits per heavy atom. The fourth-order valence-electron chi connectivity index (χ4n) is 1.27. The van der Waals surface area contributed by atoms with Crippen molar-refractivity contribution < 1.29 is 4.79 Å². The van der Waals surface area contributed by atoms with Gasteiger partial charge in [-0.2, -0.15) is 0 Å². The SMILES string of the molecule is CC(C)NC(=O)C(C)Nc1ccc(I)cc1. The number of carbonyl (C=O) groups is 1. The average Bonchev–Trinajstić information content (AvgIpc) is 2.20. The first kappa shape index (κ1) is 13.3. The Bertz CT molecular complexity index is 349. The van der Waals surface area contributed by atoms with Gasteiger partial charge in [0.25, 0.3) is 0 Å². The molecule has 88 valence electrons. The van der Waals surface area contributed by atoms with E-state index >= 15 is 0 Å². The van der Waals surface area contributed by atoms with Crippen LogP contribution in [0.15, 0.2) is 24.3 Å². The van der Waals surface area contributed by atoms with Gasteiger partial charge in [-0.1, -0.05) is 0 Å². The molecular formula is C12H17IN2O. The number of amides is 1. The van der Waals surface area contributed by atoms with Crippen LogP contribution in [-0.2, 0) is 4.79 Å². The topological polar surface area (TPSA) is 41.1 Å². The molecule has 0 radical (unpaired) electrons. The van der Waals surface area contributed by atoms with E-state index in [1.165, 1.54) is 3.57 Å². The summed E-state index contributed by atoms with van der Waals surface area (Å²) in [6, 6.07) is 7.92. The lowest BCUT2D eigenvalue weighted by Crippen LogP contribution is -2.40. The molecule has 0 spiro atoms. The molecule has 0 aromatic heterocycles. The zero-order valence-corrected chi connectivity index (χ0v) is 11.9. The summed E-state index contributed by atoms with van der Waals surface area (Å²) in [4.78, 5) is 11.6. The summed E-state index contributed by atoms with van der Waals surface area (Å²) in [5.41, 5.74) is 0.965. The maximum Gasteiger partial charge on any atom is 0.242 e. The second-order valence-electron chi connectivity index (χ2n) is 4.04. The van der Waals surface area contributed by atoms with Crippen LogP contribution in [0.3, 0.4) is 0 Å². The van der Waals surface area contributed by atoms with Gasteiger partial charge in [0.2, 0.25) is 5.91 Å². The minimum Gasteiger partial charge on any atom is -0.374 e. The van der Waals surface area contributed by atoms with Gasteiger partial charge in [-0.3, -0.25) is 4.79 Å². The van der Waals surface area contributed by atoms with Crippen molar-refractivity contribution in [3.63, 3.8) is 0 Å². The van der Waals surface area contributed by atoms with E-state index in [1.807, 2.05) is 45.0 Å². The Morgan fingerprint density at radius 3 is 2.25 bits per heavy atom. The molecule has 3 nitrogen and oxygen atoms in total. The number of nitrogens with one attached hydrogen (secondary N) is 2. The van der Waals surface area contributed by atoms with Gasteiger partial charge >= 0.3 is 0 Å². The van der Waals surface area contributed by atoms with Crippen molar-refractivity contribution in [3.05, 3.63) is 27.8 Å². The Labute approximate surface area is 110 Å². The van der Waals surface area contributed by atoms with Gasteiger partial charge in [-0.15, -0.1) is 0 Å². The normalized spacial score (nSPS) is 12.3. The highest BCUT2D eigenvalue weighted by atomic mass is 127. The first-order chi connectivity index (χ1) is 7.49. The van der Waals surface area contributed by atoms with Crippen molar-refractivity contribution in [2.45, 2.75) is 32.9 Å². The molecule has 0 aliphatic heterocycles. The molecule has 4 heteroatoms. The highest BCUT2D eigenvalue weighted by Crippen LogP contribution is 2.12. The number of halogens is 1. The summed E-state index contributed by atoms with van der Waals surface area (Å²) in [5, 5.41) is 6.03. The maximum absolute atomic E-state index is 11.6. The standard InChI is InChI=1S/C12H17IN2O/c1-8(2)14-12(16)9(3)15-11-6-4-10(13)5-7-11/h4-9,15H,1-3H3,(H,14,16). The van der Waals surface area contributed by atoms with Crippen LogP contribution < -0.4 is 10.6 Å². The van der Waals surface area contributed by atoms with Crippen LogP contribution in [0.5, 0.6) is 0 Å². The van der Waals surface area contributed by atoms with E-state index in [0.717, 1.165) is 5.69 Å². The second-order valence-corrected chi connectivity index (χ2v) is 5.28. The third-order valence-electron chi connectivity index (χ3n) is 2.05. The van der Waals surface area contributed by atoms with Crippen molar-refractivity contribution in [2.24, 2.45) is 0 Å². The summed E-state index contributed by atoms with van der Waals surface area (Å²) in [7, 11) is 0. The average molecular weight is 332 g/mol. The van der Waals surface area contributed by atoms with E-state index in [4.69, 9.17) is 0 Å². The molecule has 2 N–H and O–H groups in total. The minimum atomic E-state index is -0.220. The van der Waals surface area contributed by atoms with Crippen molar-refractivity contribution >= 4 is 34.2 Å². The lowest BCUT2D eigenvalue weighted by Gasteiger charge is -2.17. The maximum atomic E-state index is 11.6. The van der Waals surface area contributed by atoms with E-state index in [-0.39, 0.29) is 18.0 Å². The monoisotopic (exact) mass is 332 g/mol. The Balaban J connectivity index is 2.53. The molecule has 16 heavy (non-hydrogen) atoms. The summed E-state index contributed by atoms with van der Waals surface area (Å²) >= 11 is 2.25. The van der Waals surface area contributed by atoms with Gasteiger partial charge in [0.15, 0.2) is 0 Å². The highest BCUT2D eigenvalue weighted by Gasteiger charge is 2.12. The molecule has 1 amide bonds. The van der Waals surface area contributed by atoms with E-state index < -0.39 is 0 Å². The van der Waals surface area contributed by atoms with Crippen molar-refractivity contribution in [1.29, 1.82) is 0 Å². The summed E-state index contributed by atoms with van der Waals surface area (Å²) < 4.78 is 1.18. The van der Waals surface area contributed by atoms with Gasteiger partial charge in [-0.25, -0.2) is 0 Å². The molecule has 0 aliphatic rings. The Morgan fingerprint density at radius 2 is 1.75 bits per heavy atom. The Kier molecular flexibility index (Phi) is 5.05. The first-order valence-corrected chi connectivity index (χ1v) is 6.39. The quantitative estimate of drug-likeness (QED) is 0.833. The van der Waals surface area contributed by atoms with Crippen molar-refractivity contribution in [1.82, 2.24) is 5.32 Å².